The fourth-order valence-electron chi connectivity index (χ4n) is 2.04. The van der Waals surface area contributed by atoms with Gasteiger partial charge >= 0.3 is 0 Å². The van der Waals surface area contributed by atoms with Crippen molar-refractivity contribution >= 4 is 27.7 Å². The maximum atomic E-state index is 12.1. The van der Waals surface area contributed by atoms with Crippen molar-refractivity contribution in [1.82, 2.24) is 10.9 Å². The van der Waals surface area contributed by atoms with Gasteiger partial charge < -0.3 is 4.74 Å². The summed E-state index contributed by atoms with van der Waals surface area (Å²) in [5, 5.41) is 0. The Balaban J connectivity index is 1.88. The number of carbonyl (C=O) groups is 2. The molecule has 0 spiro atoms. The molecule has 2 rings (SSSR count). The predicted molar refractivity (Wildman–Crippen MR) is 100 cm³/mol. The van der Waals surface area contributed by atoms with Crippen LogP contribution in [0, 0.1) is 5.92 Å². The lowest BCUT2D eigenvalue weighted by molar-refractivity contribution is -0.121. The van der Waals surface area contributed by atoms with Gasteiger partial charge in [0, 0.05) is 5.56 Å². The zero-order valence-corrected chi connectivity index (χ0v) is 15.8. The molecule has 25 heavy (non-hydrogen) atoms. The van der Waals surface area contributed by atoms with Crippen molar-refractivity contribution in [3.05, 3.63) is 64.1 Å². The van der Waals surface area contributed by atoms with Gasteiger partial charge in [0.05, 0.1) is 17.5 Å². The molecule has 5 nitrogen and oxygen atoms in total. The van der Waals surface area contributed by atoms with E-state index in [1.807, 2.05) is 30.3 Å². The Labute approximate surface area is 155 Å². The summed E-state index contributed by atoms with van der Waals surface area (Å²) in [6, 6.07) is 14.4. The Hall–Kier alpha value is -2.34. The van der Waals surface area contributed by atoms with Crippen LogP contribution in [0.4, 0.5) is 0 Å². The minimum absolute atomic E-state index is 0.201. The molecule has 0 radical (unpaired) electrons. The molecule has 0 bridgehead atoms. The Morgan fingerprint density at radius 1 is 1.08 bits per heavy atom. The maximum Gasteiger partial charge on any atom is 0.269 e. The standard InChI is InChI=1S/C19H21BrN2O3/c1-13(2)12-25-17-9-8-15(11-16(17)20)19(24)22-21-18(23)10-14-6-4-3-5-7-14/h3-9,11,13H,10,12H2,1-2H3,(H,21,23)(H,22,24). The van der Waals surface area contributed by atoms with E-state index in [0.717, 1.165) is 5.56 Å². The Bertz CT molecular complexity index is 733. The van der Waals surface area contributed by atoms with Crippen LogP contribution in [-0.2, 0) is 11.2 Å². The van der Waals surface area contributed by atoms with Gasteiger partial charge in [0.25, 0.3) is 5.91 Å². The molecule has 0 aromatic heterocycles. The van der Waals surface area contributed by atoms with Crippen LogP contribution in [0.1, 0.15) is 29.8 Å². The SMILES string of the molecule is CC(C)COc1ccc(C(=O)NNC(=O)Cc2ccccc2)cc1Br. The molecular formula is C19H21BrN2O3. The highest BCUT2D eigenvalue weighted by atomic mass is 79.9. The monoisotopic (exact) mass is 404 g/mol. The van der Waals surface area contributed by atoms with E-state index in [-0.39, 0.29) is 12.3 Å². The van der Waals surface area contributed by atoms with Gasteiger partial charge in [0.2, 0.25) is 5.91 Å². The molecule has 0 aliphatic rings. The molecule has 0 fully saturated rings. The molecule has 0 unspecified atom stereocenters. The number of ether oxygens (including phenoxy) is 1. The van der Waals surface area contributed by atoms with Crippen LogP contribution >= 0.6 is 15.9 Å². The Morgan fingerprint density at radius 3 is 2.44 bits per heavy atom. The third-order valence-corrected chi connectivity index (χ3v) is 3.91. The first kappa shape index (κ1) is 19.0. The number of nitrogens with one attached hydrogen (secondary N) is 2. The average Bonchev–Trinajstić information content (AvgIpc) is 2.59. The Kier molecular flexibility index (Phi) is 7.01. The molecular weight excluding hydrogens is 384 g/mol. The molecule has 0 saturated heterocycles. The summed E-state index contributed by atoms with van der Waals surface area (Å²) >= 11 is 3.40. The third kappa shape index (κ3) is 6.23. The number of amides is 2. The second-order valence-corrected chi connectivity index (χ2v) is 6.87. The van der Waals surface area contributed by atoms with E-state index in [4.69, 9.17) is 4.74 Å². The highest BCUT2D eigenvalue weighted by molar-refractivity contribution is 9.10. The van der Waals surface area contributed by atoms with Gasteiger partial charge in [-0.1, -0.05) is 44.2 Å². The molecule has 0 aliphatic heterocycles. The van der Waals surface area contributed by atoms with E-state index in [2.05, 4.69) is 40.6 Å². The molecule has 6 heteroatoms. The smallest absolute Gasteiger partial charge is 0.269 e. The lowest BCUT2D eigenvalue weighted by Crippen LogP contribution is -2.42. The van der Waals surface area contributed by atoms with E-state index >= 15 is 0 Å². The fraction of sp³-hybridized carbons (Fsp3) is 0.263. The predicted octanol–water partition coefficient (Wildman–Crippen LogP) is 3.49. The zero-order valence-electron chi connectivity index (χ0n) is 14.2. The average molecular weight is 405 g/mol. The second kappa shape index (κ2) is 9.22. The number of hydrazine groups is 1. The number of hydrogen-bond acceptors (Lipinski definition) is 3. The van der Waals surface area contributed by atoms with Crippen molar-refractivity contribution in [2.45, 2.75) is 20.3 Å². The van der Waals surface area contributed by atoms with Gasteiger partial charge in [-0.3, -0.25) is 20.4 Å². The summed E-state index contributed by atoms with van der Waals surface area (Å²) in [7, 11) is 0. The van der Waals surface area contributed by atoms with Gasteiger partial charge in [-0.05, 0) is 45.6 Å². The third-order valence-electron chi connectivity index (χ3n) is 3.29. The van der Waals surface area contributed by atoms with E-state index in [1.54, 1.807) is 18.2 Å². The fourth-order valence-corrected chi connectivity index (χ4v) is 2.53. The zero-order chi connectivity index (χ0) is 18.2. The normalized spacial score (nSPS) is 10.4. The lowest BCUT2D eigenvalue weighted by Gasteiger charge is -2.12. The van der Waals surface area contributed by atoms with Gasteiger partial charge in [-0.25, -0.2) is 0 Å². The highest BCUT2D eigenvalue weighted by Crippen LogP contribution is 2.26. The molecule has 0 heterocycles. The van der Waals surface area contributed by atoms with Gasteiger partial charge in [-0.15, -0.1) is 0 Å². The molecule has 2 N–H and O–H groups in total. The minimum Gasteiger partial charge on any atom is -0.492 e. The summed E-state index contributed by atoms with van der Waals surface area (Å²) in [6.07, 6.45) is 0.201. The van der Waals surface area contributed by atoms with Crippen molar-refractivity contribution in [2.75, 3.05) is 6.61 Å². The van der Waals surface area contributed by atoms with Crippen molar-refractivity contribution in [1.29, 1.82) is 0 Å². The number of halogens is 1. The van der Waals surface area contributed by atoms with Crippen LogP contribution < -0.4 is 15.6 Å². The maximum absolute atomic E-state index is 12.1. The van der Waals surface area contributed by atoms with Gasteiger partial charge in [-0.2, -0.15) is 0 Å². The molecule has 0 aliphatic carbocycles. The summed E-state index contributed by atoms with van der Waals surface area (Å²) < 4.78 is 6.34. The largest absolute Gasteiger partial charge is 0.492 e. The van der Waals surface area contributed by atoms with Crippen LogP contribution in [0.15, 0.2) is 53.0 Å². The first-order valence-electron chi connectivity index (χ1n) is 8.01. The van der Waals surface area contributed by atoms with Crippen LogP contribution in [0.2, 0.25) is 0 Å². The van der Waals surface area contributed by atoms with Crippen LogP contribution in [-0.4, -0.2) is 18.4 Å². The minimum atomic E-state index is -0.391. The molecule has 2 aromatic carbocycles. The molecule has 2 aromatic rings. The molecule has 132 valence electrons. The molecule has 0 atom stereocenters. The molecule has 0 saturated carbocycles. The van der Waals surface area contributed by atoms with E-state index < -0.39 is 5.91 Å². The van der Waals surface area contributed by atoms with Crippen LogP contribution in [0.25, 0.3) is 0 Å². The molecule has 2 amide bonds. The van der Waals surface area contributed by atoms with Crippen LogP contribution in [0.3, 0.4) is 0 Å². The lowest BCUT2D eigenvalue weighted by atomic mass is 10.1. The number of carbonyl (C=O) groups excluding carboxylic acids is 2. The topological polar surface area (TPSA) is 67.4 Å². The van der Waals surface area contributed by atoms with E-state index in [9.17, 15) is 9.59 Å². The first-order valence-corrected chi connectivity index (χ1v) is 8.80. The summed E-state index contributed by atoms with van der Waals surface area (Å²) in [5.74, 6) is 0.418. The van der Waals surface area contributed by atoms with E-state index in [0.29, 0.717) is 28.3 Å². The first-order chi connectivity index (χ1) is 12.0. The number of hydrogen-bond donors (Lipinski definition) is 2. The van der Waals surface area contributed by atoms with Crippen molar-refractivity contribution in [2.24, 2.45) is 5.92 Å². The summed E-state index contributed by atoms with van der Waals surface area (Å²) in [4.78, 5) is 24.0. The number of rotatable bonds is 6. The second-order valence-electron chi connectivity index (χ2n) is 6.01. The van der Waals surface area contributed by atoms with Gasteiger partial charge in [0.15, 0.2) is 0 Å². The van der Waals surface area contributed by atoms with E-state index in [1.165, 1.54) is 0 Å². The summed E-state index contributed by atoms with van der Waals surface area (Å²) in [5.41, 5.74) is 6.13. The van der Waals surface area contributed by atoms with Gasteiger partial charge in [0.1, 0.15) is 5.75 Å². The highest BCUT2D eigenvalue weighted by Gasteiger charge is 2.11. The Morgan fingerprint density at radius 2 is 1.80 bits per heavy atom. The van der Waals surface area contributed by atoms with Crippen LogP contribution in [0.5, 0.6) is 5.75 Å². The quantitative estimate of drug-likeness (QED) is 0.724. The van der Waals surface area contributed by atoms with Crippen molar-refractivity contribution < 1.29 is 14.3 Å². The summed E-state index contributed by atoms with van der Waals surface area (Å²) in [6.45, 7) is 4.72. The van der Waals surface area contributed by atoms with Crippen molar-refractivity contribution in [3.63, 3.8) is 0 Å². The van der Waals surface area contributed by atoms with Crippen molar-refractivity contribution in [3.8, 4) is 5.75 Å². The number of benzene rings is 2.